The maximum absolute atomic E-state index is 12.4. The Morgan fingerprint density at radius 2 is 1.73 bits per heavy atom. The van der Waals surface area contributed by atoms with Crippen LogP contribution in [0.1, 0.15) is 28.8 Å². The molecule has 2 heterocycles. The van der Waals surface area contributed by atoms with E-state index in [4.69, 9.17) is 9.84 Å². The molecule has 0 aromatic heterocycles. The van der Waals surface area contributed by atoms with Crippen LogP contribution in [0.25, 0.3) is 6.08 Å². The summed E-state index contributed by atoms with van der Waals surface area (Å²) < 4.78 is 5.32. The number of carbonyl (C=O) groups excluding carboxylic acids is 1. The van der Waals surface area contributed by atoms with Crippen LogP contribution in [0.5, 0.6) is 0 Å². The molecule has 1 aromatic rings. The zero-order valence-electron chi connectivity index (χ0n) is 15.0. The molecule has 0 unspecified atom stereocenters. The minimum Gasteiger partial charge on any atom is -0.478 e. The molecule has 2 aliphatic rings. The maximum Gasteiger partial charge on any atom is 0.335 e. The van der Waals surface area contributed by atoms with Gasteiger partial charge >= 0.3 is 5.97 Å². The number of rotatable bonds is 5. The van der Waals surface area contributed by atoms with E-state index in [1.54, 1.807) is 12.1 Å². The molecular formula is C20H26N2O4. The molecule has 3 rings (SSSR count). The molecule has 6 heteroatoms. The van der Waals surface area contributed by atoms with E-state index >= 15 is 0 Å². The van der Waals surface area contributed by atoms with Gasteiger partial charge in [0.25, 0.3) is 0 Å². The maximum atomic E-state index is 12.4. The molecule has 0 aliphatic carbocycles. The number of hydrogen-bond acceptors (Lipinski definition) is 4. The second kappa shape index (κ2) is 8.96. The molecule has 2 saturated heterocycles. The number of nitrogens with zero attached hydrogens (tertiary/aromatic N) is 2. The third-order valence-corrected chi connectivity index (χ3v) is 5.07. The van der Waals surface area contributed by atoms with Crippen LogP contribution in [0.2, 0.25) is 0 Å². The first kappa shape index (κ1) is 18.6. The number of likely N-dealkylation sites (tertiary alicyclic amines) is 1. The summed E-state index contributed by atoms with van der Waals surface area (Å²) in [5.41, 5.74) is 1.30. The third kappa shape index (κ3) is 5.16. The highest BCUT2D eigenvalue weighted by Gasteiger charge is 2.23. The van der Waals surface area contributed by atoms with Crippen LogP contribution in [0.4, 0.5) is 0 Å². The first-order chi connectivity index (χ1) is 12.6. The smallest absolute Gasteiger partial charge is 0.335 e. The average molecular weight is 358 g/mol. The minimum atomic E-state index is -0.908. The van der Waals surface area contributed by atoms with E-state index in [9.17, 15) is 9.59 Å². The van der Waals surface area contributed by atoms with Gasteiger partial charge in [-0.2, -0.15) is 0 Å². The molecule has 1 aromatic carbocycles. The fourth-order valence-electron chi connectivity index (χ4n) is 3.38. The lowest BCUT2D eigenvalue weighted by molar-refractivity contribution is -0.134. The molecular weight excluding hydrogens is 332 g/mol. The van der Waals surface area contributed by atoms with Crippen molar-refractivity contribution in [3.05, 3.63) is 41.5 Å². The van der Waals surface area contributed by atoms with Gasteiger partial charge < -0.3 is 14.7 Å². The Kier molecular flexibility index (Phi) is 6.41. The summed E-state index contributed by atoms with van der Waals surface area (Å²) in [5.74, 6) is -0.227. The molecule has 0 spiro atoms. The van der Waals surface area contributed by atoms with Crippen molar-refractivity contribution in [1.29, 1.82) is 0 Å². The van der Waals surface area contributed by atoms with Crippen LogP contribution in [-0.4, -0.2) is 72.7 Å². The Bertz CT molecular complexity index is 642. The Morgan fingerprint density at radius 1 is 1.08 bits per heavy atom. The van der Waals surface area contributed by atoms with E-state index in [0.29, 0.717) is 31.2 Å². The molecule has 1 N–H and O–H groups in total. The molecule has 2 fully saturated rings. The quantitative estimate of drug-likeness (QED) is 0.871. The summed E-state index contributed by atoms with van der Waals surface area (Å²) in [5, 5.41) is 8.92. The molecule has 6 nitrogen and oxygen atoms in total. The van der Waals surface area contributed by atoms with E-state index in [1.165, 1.54) is 0 Å². The molecule has 0 atom stereocenters. The fourth-order valence-corrected chi connectivity index (χ4v) is 3.38. The first-order valence-electron chi connectivity index (χ1n) is 9.21. The Morgan fingerprint density at radius 3 is 2.35 bits per heavy atom. The van der Waals surface area contributed by atoms with Gasteiger partial charge in [-0.3, -0.25) is 9.69 Å². The van der Waals surface area contributed by atoms with E-state index in [2.05, 4.69) is 11.0 Å². The first-order valence-corrected chi connectivity index (χ1v) is 9.21. The minimum absolute atomic E-state index is 0.221. The van der Waals surface area contributed by atoms with Crippen molar-refractivity contribution in [1.82, 2.24) is 9.80 Å². The molecule has 0 bridgehead atoms. The topological polar surface area (TPSA) is 70.1 Å². The summed E-state index contributed by atoms with van der Waals surface area (Å²) in [4.78, 5) is 27.4. The predicted molar refractivity (Wildman–Crippen MR) is 99.0 cm³/mol. The second-order valence-electron chi connectivity index (χ2n) is 6.89. The van der Waals surface area contributed by atoms with Crippen molar-refractivity contribution in [3.8, 4) is 0 Å². The number of carboxylic acid groups (broad SMARTS) is 1. The largest absolute Gasteiger partial charge is 0.478 e. The monoisotopic (exact) mass is 358 g/mol. The van der Waals surface area contributed by atoms with E-state index in [1.807, 2.05) is 23.1 Å². The Labute approximate surface area is 154 Å². The highest BCUT2D eigenvalue weighted by Crippen LogP contribution is 2.20. The normalized spacial score (nSPS) is 19.8. The van der Waals surface area contributed by atoms with Crippen molar-refractivity contribution >= 4 is 18.0 Å². The van der Waals surface area contributed by atoms with Gasteiger partial charge in [0.2, 0.25) is 5.91 Å². The number of hydrogen-bond donors (Lipinski definition) is 1. The molecule has 2 aliphatic heterocycles. The molecule has 140 valence electrons. The van der Waals surface area contributed by atoms with Crippen molar-refractivity contribution in [3.63, 3.8) is 0 Å². The van der Waals surface area contributed by atoms with Gasteiger partial charge in [0.05, 0.1) is 25.3 Å². The van der Waals surface area contributed by atoms with Crippen LogP contribution < -0.4 is 0 Å². The number of morpholine rings is 1. The van der Waals surface area contributed by atoms with Crippen LogP contribution >= 0.6 is 0 Å². The number of carbonyl (C=O) groups is 2. The van der Waals surface area contributed by atoms with Gasteiger partial charge in [-0.25, -0.2) is 4.79 Å². The van der Waals surface area contributed by atoms with Gasteiger partial charge in [-0.05, 0) is 36.5 Å². The van der Waals surface area contributed by atoms with E-state index < -0.39 is 5.97 Å². The number of amides is 1. The number of piperidine rings is 1. The molecule has 1 amide bonds. The highest BCUT2D eigenvalue weighted by molar-refractivity contribution is 5.87. The fraction of sp³-hybridized carbons (Fsp3) is 0.500. The van der Waals surface area contributed by atoms with Crippen LogP contribution in [-0.2, 0) is 9.53 Å². The summed E-state index contributed by atoms with van der Waals surface area (Å²) in [6, 6.07) is 6.88. The van der Waals surface area contributed by atoms with Crippen LogP contribution in [0, 0.1) is 5.92 Å². The van der Waals surface area contributed by atoms with Gasteiger partial charge in [-0.15, -0.1) is 0 Å². The zero-order chi connectivity index (χ0) is 18.4. The van der Waals surface area contributed by atoms with Crippen molar-refractivity contribution < 1.29 is 19.4 Å². The van der Waals surface area contributed by atoms with Gasteiger partial charge in [0.1, 0.15) is 0 Å². The summed E-state index contributed by atoms with van der Waals surface area (Å²) in [6.07, 6.45) is 6.16. The van der Waals surface area contributed by atoms with Gasteiger partial charge in [-0.1, -0.05) is 24.3 Å². The van der Waals surface area contributed by atoms with Crippen LogP contribution in [0.15, 0.2) is 30.3 Å². The molecule has 26 heavy (non-hydrogen) atoms. The van der Waals surface area contributed by atoms with Gasteiger partial charge in [0.15, 0.2) is 0 Å². The van der Waals surface area contributed by atoms with Gasteiger partial charge in [0, 0.05) is 26.2 Å². The second-order valence-corrected chi connectivity index (χ2v) is 6.89. The van der Waals surface area contributed by atoms with Crippen LogP contribution in [0.3, 0.4) is 0 Å². The summed E-state index contributed by atoms with van der Waals surface area (Å²) in [6.45, 7) is 5.21. The van der Waals surface area contributed by atoms with E-state index in [-0.39, 0.29) is 5.91 Å². The van der Waals surface area contributed by atoms with Crippen molar-refractivity contribution in [2.45, 2.75) is 12.8 Å². The standard InChI is InChI=1S/C20H26N2O4/c23-19(15-21-11-13-26-14-12-21)22-9-7-17(8-10-22)2-1-16-3-5-18(6-4-16)20(24)25/h1-6,17H,7-15H2,(H,24,25)/b2-1+. The lowest BCUT2D eigenvalue weighted by atomic mass is 9.95. The SMILES string of the molecule is O=C(O)c1ccc(/C=C/C2CCN(C(=O)CN3CCOCC3)CC2)cc1. The lowest BCUT2D eigenvalue weighted by Gasteiger charge is -2.33. The molecule has 0 saturated carbocycles. The van der Waals surface area contributed by atoms with Crippen molar-refractivity contribution in [2.24, 2.45) is 5.92 Å². The number of benzene rings is 1. The lowest BCUT2D eigenvalue weighted by Crippen LogP contribution is -2.46. The number of aromatic carboxylic acids is 1. The third-order valence-electron chi connectivity index (χ3n) is 5.07. The number of carboxylic acids is 1. The Balaban J connectivity index is 1.44. The highest BCUT2D eigenvalue weighted by atomic mass is 16.5. The number of allylic oxidation sites excluding steroid dienone is 1. The summed E-state index contributed by atoms with van der Waals surface area (Å²) >= 11 is 0. The van der Waals surface area contributed by atoms with E-state index in [0.717, 1.165) is 44.6 Å². The number of ether oxygens (including phenoxy) is 1. The molecule has 0 radical (unpaired) electrons. The predicted octanol–water partition coefficient (Wildman–Crippen LogP) is 1.97. The van der Waals surface area contributed by atoms with Crippen molar-refractivity contribution in [2.75, 3.05) is 45.9 Å². The Hall–Kier alpha value is -2.18. The average Bonchev–Trinajstić information content (AvgIpc) is 2.68. The summed E-state index contributed by atoms with van der Waals surface area (Å²) in [7, 11) is 0. The zero-order valence-corrected chi connectivity index (χ0v) is 15.0.